The third kappa shape index (κ3) is 5.13. The van der Waals surface area contributed by atoms with E-state index in [1.807, 2.05) is 0 Å². The number of carbonyl (C=O) groups excluding carboxylic acids is 1. The van der Waals surface area contributed by atoms with E-state index in [1.54, 1.807) is 13.0 Å². The number of nitrogens with zero attached hydrogens (tertiary/aromatic N) is 1. The van der Waals surface area contributed by atoms with Gasteiger partial charge >= 0.3 is 12.6 Å². The fraction of sp³-hybridized carbons (Fsp3) is 0.350. The van der Waals surface area contributed by atoms with Crippen LogP contribution in [0.1, 0.15) is 21.5 Å². The van der Waals surface area contributed by atoms with Crippen molar-refractivity contribution in [1.82, 2.24) is 4.31 Å². The zero-order valence-electron chi connectivity index (χ0n) is 16.2. The predicted octanol–water partition coefficient (Wildman–Crippen LogP) is 2.97. The quantitative estimate of drug-likeness (QED) is 0.615. The van der Waals surface area contributed by atoms with Crippen LogP contribution in [0.5, 0.6) is 5.75 Å². The molecular formula is C20H21F2NO6S. The minimum Gasteiger partial charge on any atom is -0.457 e. The van der Waals surface area contributed by atoms with E-state index in [0.29, 0.717) is 18.8 Å². The lowest BCUT2D eigenvalue weighted by atomic mass is 10.1. The number of para-hydroxylation sites is 1. The minimum atomic E-state index is -3.79. The summed E-state index contributed by atoms with van der Waals surface area (Å²) in [7, 11) is -3.79. The Balaban J connectivity index is 1.77. The van der Waals surface area contributed by atoms with Gasteiger partial charge in [-0.15, -0.1) is 0 Å². The second-order valence-electron chi connectivity index (χ2n) is 6.56. The lowest BCUT2D eigenvalue weighted by Crippen LogP contribution is -2.40. The highest BCUT2D eigenvalue weighted by Crippen LogP contribution is 2.24. The van der Waals surface area contributed by atoms with Crippen LogP contribution in [0.4, 0.5) is 8.78 Å². The number of benzene rings is 2. The van der Waals surface area contributed by atoms with Crippen molar-refractivity contribution in [2.45, 2.75) is 25.0 Å². The Hall–Kier alpha value is -2.56. The van der Waals surface area contributed by atoms with E-state index in [-0.39, 0.29) is 41.5 Å². The molecule has 30 heavy (non-hydrogen) atoms. The molecule has 1 fully saturated rings. The number of hydrogen-bond acceptors (Lipinski definition) is 6. The normalized spacial score (nSPS) is 15.2. The number of aryl methyl sites for hydroxylation is 1. The van der Waals surface area contributed by atoms with Gasteiger partial charge in [-0.05, 0) is 30.7 Å². The molecule has 0 spiro atoms. The number of alkyl halides is 2. The van der Waals surface area contributed by atoms with E-state index in [2.05, 4.69) is 4.74 Å². The fourth-order valence-corrected chi connectivity index (χ4v) is 4.65. The first kappa shape index (κ1) is 22.1. The molecule has 1 aliphatic rings. The molecule has 0 aromatic heterocycles. The van der Waals surface area contributed by atoms with Crippen LogP contribution < -0.4 is 4.74 Å². The van der Waals surface area contributed by atoms with Crippen LogP contribution in [0.3, 0.4) is 0 Å². The number of carbonyl (C=O) groups is 1. The number of esters is 1. The van der Waals surface area contributed by atoms with Gasteiger partial charge in [0.25, 0.3) is 0 Å². The third-order valence-electron chi connectivity index (χ3n) is 4.56. The van der Waals surface area contributed by atoms with Crippen LogP contribution in [0.2, 0.25) is 0 Å². The van der Waals surface area contributed by atoms with Crippen molar-refractivity contribution in [3.63, 3.8) is 0 Å². The predicted molar refractivity (Wildman–Crippen MR) is 103 cm³/mol. The zero-order chi connectivity index (χ0) is 21.7. The highest BCUT2D eigenvalue weighted by molar-refractivity contribution is 7.89. The molecule has 3 rings (SSSR count). The average molecular weight is 441 g/mol. The molecule has 0 aliphatic carbocycles. The maximum absolute atomic E-state index is 12.9. The van der Waals surface area contributed by atoms with Crippen LogP contribution >= 0.6 is 0 Å². The van der Waals surface area contributed by atoms with Crippen molar-refractivity contribution in [3.05, 3.63) is 59.2 Å². The highest BCUT2D eigenvalue weighted by atomic mass is 32.2. The topological polar surface area (TPSA) is 82.1 Å². The summed E-state index contributed by atoms with van der Waals surface area (Å²) in [6, 6.07) is 10.2. The first-order valence-corrected chi connectivity index (χ1v) is 10.6. The summed E-state index contributed by atoms with van der Waals surface area (Å²) < 4.78 is 67.0. The van der Waals surface area contributed by atoms with Gasteiger partial charge in [-0.3, -0.25) is 0 Å². The molecule has 0 radical (unpaired) electrons. The Morgan fingerprint density at radius 2 is 1.87 bits per heavy atom. The maximum atomic E-state index is 12.9. The Kier molecular flexibility index (Phi) is 7.01. The van der Waals surface area contributed by atoms with E-state index in [4.69, 9.17) is 9.47 Å². The van der Waals surface area contributed by atoms with Crippen molar-refractivity contribution in [3.8, 4) is 5.75 Å². The monoisotopic (exact) mass is 441 g/mol. The Labute approximate surface area is 173 Å². The van der Waals surface area contributed by atoms with Crippen LogP contribution in [0.15, 0.2) is 47.4 Å². The smallest absolute Gasteiger partial charge is 0.387 e. The molecule has 0 N–H and O–H groups in total. The molecule has 10 heteroatoms. The lowest BCUT2D eigenvalue weighted by molar-refractivity contribution is -0.0510. The Morgan fingerprint density at radius 3 is 2.57 bits per heavy atom. The van der Waals surface area contributed by atoms with Gasteiger partial charge in [-0.25, -0.2) is 13.2 Å². The SMILES string of the molecule is Cc1ccc(C(=O)OCc2ccccc2OC(F)F)cc1S(=O)(=O)N1CCOCC1. The van der Waals surface area contributed by atoms with E-state index in [9.17, 15) is 22.0 Å². The molecule has 2 aromatic rings. The fourth-order valence-electron chi connectivity index (χ4n) is 2.99. The zero-order valence-corrected chi connectivity index (χ0v) is 17.0. The van der Waals surface area contributed by atoms with E-state index < -0.39 is 22.6 Å². The lowest BCUT2D eigenvalue weighted by Gasteiger charge is -2.26. The number of halogens is 2. The van der Waals surface area contributed by atoms with Crippen molar-refractivity contribution in [1.29, 1.82) is 0 Å². The second-order valence-corrected chi connectivity index (χ2v) is 8.47. The number of ether oxygens (including phenoxy) is 3. The van der Waals surface area contributed by atoms with Crippen LogP contribution in [-0.2, 0) is 26.1 Å². The van der Waals surface area contributed by atoms with Crippen molar-refractivity contribution in [2.24, 2.45) is 0 Å². The van der Waals surface area contributed by atoms with Gasteiger partial charge in [-0.2, -0.15) is 13.1 Å². The van der Waals surface area contributed by atoms with Gasteiger partial charge in [-0.1, -0.05) is 24.3 Å². The molecule has 0 saturated carbocycles. The molecule has 0 atom stereocenters. The van der Waals surface area contributed by atoms with Crippen molar-refractivity contribution < 1.29 is 36.2 Å². The van der Waals surface area contributed by atoms with E-state index in [1.165, 1.54) is 40.7 Å². The van der Waals surface area contributed by atoms with Crippen LogP contribution in [-0.4, -0.2) is 51.6 Å². The summed E-state index contributed by atoms with van der Waals surface area (Å²) in [4.78, 5) is 12.5. The number of morpholine rings is 1. The van der Waals surface area contributed by atoms with Crippen molar-refractivity contribution >= 4 is 16.0 Å². The second kappa shape index (κ2) is 9.50. The Morgan fingerprint density at radius 1 is 1.17 bits per heavy atom. The average Bonchev–Trinajstić information content (AvgIpc) is 2.73. The molecule has 0 bridgehead atoms. The van der Waals surface area contributed by atoms with Gasteiger partial charge in [0.05, 0.1) is 23.7 Å². The number of rotatable bonds is 7. The van der Waals surface area contributed by atoms with Gasteiger partial charge in [0.15, 0.2) is 0 Å². The van der Waals surface area contributed by atoms with Crippen molar-refractivity contribution in [2.75, 3.05) is 26.3 Å². The van der Waals surface area contributed by atoms with E-state index >= 15 is 0 Å². The first-order valence-electron chi connectivity index (χ1n) is 9.17. The van der Waals surface area contributed by atoms with Gasteiger partial charge < -0.3 is 14.2 Å². The van der Waals surface area contributed by atoms with Crippen LogP contribution in [0, 0.1) is 6.92 Å². The van der Waals surface area contributed by atoms with Crippen LogP contribution in [0.25, 0.3) is 0 Å². The first-order chi connectivity index (χ1) is 14.3. The largest absolute Gasteiger partial charge is 0.457 e. The molecule has 1 saturated heterocycles. The van der Waals surface area contributed by atoms with Gasteiger partial charge in [0, 0.05) is 18.7 Å². The molecule has 2 aromatic carbocycles. The number of hydrogen-bond donors (Lipinski definition) is 0. The summed E-state index contributed by atoms with van der Waals surface area (Å²) in [5, 5.41) is 0. The van der Waals surface area contributed by atoms with Gasteiger partial charge in [0.2, 0.25) is 10.0 Å². The number of sulfonamides is 1. The minimum absolute atomic E-state index is 0.0142. The van der Waals surface area contributed by atoms with E-state index in [0.717, 1.165) is 0 Å². The molecule has 0 unspecified atom stereocenters. The molecule has 1 heterocycles. The molecular weight excluding hydrogens is 420 g/mol. The third-order valence-corrected chi connectivity index (χ3v) is 6.60. The molecule has 0 amide bonds. The Bertz CT molecular complexity index is 1010. The highest BCUT2D eigenvalue weighted by Gasteiger charge is 2.28. The summed E-state index contributed by atoms with van der Waals surface area (Å²) in [6.45, 7) is -0.594. The molecule has 162 valence electrons. The molecule has 1 aliphatic heterocycles. The molecule has 7 nitrogen and oxygen atoms in total. The summed E-state index contributed by atoms with van der Waals surface area (Å²) >= 11 is 0. The maximum Gasteiger partial charge on any atom is 0.387 e. The van der Waals surface area contributed by atoms with Gasteiger partial charge in [0.1, 0.15) is 12.4 Å². The summed E-state index contributed by atoms with van der Waals surface area (Å²) in [5.41, 5.74) is 0.799. The summed E-state index contributed by atoms with van der Waals surface area (Å²) in [5.74, 6) is -0.875. The summed E-state index contributed by atoms with van der Waals surface area (Å²) in [6.07, 6.45) is 0. The standard InChI is InChI=1S/C20H21F2NO6S/c1-14-6-7-15(12-18(14)30(25,26)23-8-10-27-11-9-23)19(24)28-13-16-4-2-3-5-17(16)29-20(21)22/h2-7,12,20H,8-11,13H2,1H3.